The van der Waals surface area contributed by atoms with E-state index in [0.29, 0.717) is 13.2 Å². The van der Waals surface area contributed by atoms with E-state index in [9.17, 15) is 14.4 Å². The highest BCUT2D eigenvalue weighted by Crippen LogP contribution is 2.01. The van der Waals surface area contributed by atoms with E-state index in [0.717, 1.165) is 25.7 Å². The second kappa shape index (κ2) is 11.7. The quantitative estimate of drug-likeness (QED) is 0.328. The molecule has 5 nitrogen and oxygen atoms in total. The van der Waals surface area contributed by atoms with Crippen molar-refractivity contribution in [3.63, 3.8) is 0 Å². The number of unbranched alkanes of at least 4 members (excludes halogenated alkanes) is 2. The molecule has 0 bridgehead atoms. The molecule has 0 rings (SSSR count). The average molecular weight is 272 g/mol. The molecule has 0 aromatic rings. The zero-order valence-corrected chi connectivity index (χ0v) is 11.9. The highest BCUT2D eigenvalue weighted by atomic mass is 16.5. The van der Waals surface area contributed by atoms with Gasteiger partial charge >= 0.3 is 11.9 Å². The van der Waals surface area contributed by atoms with Gasteiger partial charge in [-0.25, -0.2) is 0 Å². The fourth-order valence-electron chi connectivity index (χ4n) is 1.27. The third-order valence-corrected chi connectivity index (χ3v) is 2.47. The molecule has 110 valence electrons. The van der Waals surface area contributed by atoms with Crippen LogP contribution in [0.3, 0.4) is 0 Å². The Labute approximate surface area is 114 Å². The van der Waals surface area contributed by atoms with Crippen LogP contribution in [0.2, 0.25) is 0 Å². The maximum atomic E-state index is 11.4. The van der Waals surface area contributed by atoms with E-state index in [1.807, 2.05) is 13.8 Å². The first-order valence-corrected chi connectivity index (χ1v) is 6.93. The molecule has 0 aromatic heterocycles. The van der Waals surface area contributed by atoms with Crippen LogP contribution in [-0.2, 0) is 23.9 Å². The molecule has 0 atom stereocenters. The van der Waals surface area contributed by atoms with Gasteiger partial charge in [-0.15, -0.1) is 0 Å². The molecule has 0 N–H and O–H groups in total. The van der Waals surface area contributed by atoms with Gasteiger partial charge < -0.3 is 9.47 Å². The van der Waals surface area contributed by atoms with Crippen molar-refractivity contribution in [2.24, 2.45) is 0 Å². The number of esters is 2. The Hall–Kier alpha value is -1.39. The Kier molecular flexibility index (Phi) is 10.8. The van der Waals surface area contributed by atoms with E-state index in [4.69, 9.17) is 9.47 Å². The monoisotopic (exact) mass is 272 g/mol. The largest absolute Gasteiger partial charge is 0.466 e. The van der Waals surface area contributed by atoms with Gasteiger partial charge in [0.25, 0.3) is 0 Å². The maximum Gasteiger partial charge on any atom is 0.313 e. The topological polar surface area (TPSA) is 69.7 Å². The van der Waals surface area contributed by atoms with Crippen LogP contribution >= 0.6 is 0 Å². The lowest BCUT2D eigenvalue weighted by molar-refractivity contribution is -0.148. The minimum absolute atomic E-state index is 0.0325. The third-order valence-electron chi connectivity index (χ3n) is 2.47. The second-order valence-electron chi connectivity index (χ2n) is 4.36. The summed E-state index contributed by atoms with van der Waals surface area (Å²) in [7, 11) is 0. The number of ketones is 1. The minimum Gasteiger partial charge on any atom is -0.466 e. The smallest absolute Gasteiger partial charge is 0.313 e. The number of rotatable bonds is 11. The predicted molar refractivity (Wildman–Crippen MR) is 70.6 cm³/mol. The molecule has 0 fully saturated rings. The van der Waals surface area contributed by atoms with Crippen molar-refractivity contribution < 1.29 is 23.9 Å². The van der Waals surface area contributed by atoms with Gasteiger partial charge in [0.05, 0.1) is 19.6 Å². The Bertz CT molecular complexity index is 286. The molecule has 0 radical (unpaired) electrons. The Morgan fingerprint density at radius 1 is 0.789 bits per heavy atom. The van der Waals surface area contributed by atoms with Crippen molar-refractivity contribution in [2.45, 2.75) is 58.8 Å². The molecular formula is C14H24O5. The van der Waals surface area contributed by atoms with Gasteiger partial charge in [-0.2, -0.15) is 0 Å². The van der Waals surface area contributed by atoms with Crippen molar-refractivity contribution in [3.8, 4) is 0 Å². The lowest BCUT2D eigenvalue weighted by atomic mass is 10.2. The normalized spacial score (nSPS) is 10.0. The van der Waals surface area contributed by atoms with E-state index >= 15 is 0 Å². The van der Waals surface area contributed by atoms with Gasteiger partial charge in [0.15, 0.2) is 0 Å². The summed E-state index contributed by atoms with van der Waals surface area (Å²) in [6.45, 7) is 4.73. The maximum absolute atomic E-state index is 11.4. The number of carbonyl (C=O) groups excluding carboxylic acids is 3. The second-order valence-corrected chi connectivity index (χ2v) is 4.36. The van der Waals surface area contributed by atoms with Crippen LogP contribution in [0.4, 0.5) is 0 Å². The number of hydrogen-bond acceptors (Lipinski definition) is 5. The standard InChI is InChI=1S/C14H24O5/c1-3-5-9-18-13(16)8-7-12(15)11-14(17)19-10-6-4-2/h3-11H2,1-2H3. The van der Waals surface area contributed by atoms with E-state index in [1.165, 1.54) is 0 Å². The summed E-state index contributed by atoms with van der Waals surface area (Å²) in [5.41, 5.74) is 0. The first-order valence-electron chi connectivity index (χ1n) is 6.93. The fraction of sp³-hybridized carbons (Fsp3) is 0.786. The van der Waals surface area contributed by atoms with Gasteiger partial charge in [-0.3, -0.25) is 14.4 Å². The molecule has 0 aliphatic carbocycles. The van der Waals surface area contributed by atoms with Gasteiger partial charge in [0.1, 0.15) is 12.2 Å². The van der Waals surface area contributed by atoms with Crippen molar-refractivity contribution in [1.29, 1.82) is 0 Å². The summed E-state index contributed by atoms with van der Waals surface area (Å²) in [6.07, 6.45) is 3.32. The minimum atomic E-state index is -0.516. The molecule has 5 heteroatoms. The van der Waals surface area contributed by atoms with Gasteiger partial charge in [-0.1, -0.05) is 26.7 Å². The Morgan fingerprint density at radius 2 is 1.32 bits per heavy atom. The van der Waals surface area contributed by atoms with Crippen LogP contribution in [-0.4, -0.2) is 30.9 Å². The highest BCUT2D eigenvalue weighted by Gasteiger charge is 2.13. The van der Waals surface area contributed by atoms with Gasteiger partial charge in [0.2, 0.25) is 0 Å². The molecule has 0 heterocycles. The Morgan fingerprint density at radius 3 is 1.84 bits per heavy atom. The summed E-state index contributed by atoms with van der Waals surface area (Å²) in [6, 6.07) is 0. The van der Waals surface area contributed by atoms with Crippen LogP contribution < -0.4 is 0 Å². The molecular weight excluding hydrogens is 248 g/mol. The first-order chi connectivity index (χ1) is 9.10. The van der Waals surface area contributed by atoms with Gasteiger partial charge in [-0.05, 0) is 12.8 Å². The molecule has 19 heavy (non-hydrogen) atoms. The number of carbonyl (C=O) groups is 3. The highest BCUT2D eigenvalue weighted by molar-refractivity contribution is 5.96. The van der Waals surface area contributed by atoms with E-state index in [1.54, 1.807) is 0 Å². The summed E-state index contributed by atoms with van der Waals surface area (Å²) >= 11 is 0. The molecule has 0 saturated carbocycles. The average Bonchev–Trinajstić information content (AvgIpc) is 2.37. The molecule has 0 aliphatic rings. The predicted octanol–water partition coefficient (Wildman–Crippen LogP) is 2.41. The zero-order valence-electron chi connectivity index (χ0n) is 11.9. The fourth-order valence-corrected chi connectivity index (χ4v) is 1.27. The van der Waals surface area contributed by atoms with Crippen molar-refractivity contribution in [3.05, 3.63) is 0 Å². The van der Waals surface area contributed by atoms with Crippen LogP contribution in [0.1, 0.15) is 58.8 Å². The number of hydrogen-bond donors (Lipinski definition) is 0. The SMILES string of the molecule is CCCCOC(=O)CCC(=O)CC(=O)OCCCC. The van der Waals surface area contributed by atoms with Crippen LogP contribution in [0, 0.1) is 0 Å². The third kappa shape index (κ3) is 11.4. The summed E-state index contributed by atoms with van der Waals surface area (Å²) in [4.78, 5) is 33.9. The van der Waals surface area contributed by atoms with Gasteiger partial charge in [0, 0.05) is 6.42 Å². The van der Waals surface area contributed by atoms with Crippen LogP contribution in [0.15, 0.2) is 0 Å². The molecule has 0 amide bonds. The van der Waals surface area contributed by atoms with Crippen molar-refractivity contribution in [2.75, 3.05) is 13.2 Å². The molecule has 0 spiro atoms. The zero-order chi connectivity index (χ0) is 14.5. The molecule has 0 aliphatic heterocycles. The van der Waals surface area contributed by atoms with E-state index in [-0.39, 0.29) is 31.0 Å². The summed E-state index contributed by atoms with van der Waals surface area (Å²) in [5.74, 6) is -1.19. The molecule has 0 saturated heterocycles. The summed E-state index contributed by atoms with van der Waals surface area (Å²) in [5, 5.41) is 0. The summed E-state index contributed by atoms with van der Waals surface area (Å²) < 4.78 is 9.77. The lowest BCUT2D eigenvalue weighted by Gasteiger charge is -2.04. The van der Waals surface area contributed by atoms with Crippen molar-refractivity contribution in [1.82, 2.24) is 0 Å². The number of Topliss-reactive ketones (excluding diaryl/α,β-unsaturated/α-hetero) is 1. The molecule has 0 aromatic carbocycles. The Balaban J connectivity index is 3.62. The number of ether oxygens (including phenoxy) is 2. The first kappa shape index (κ1) is 17.6. The van der Waals surface area contributed by atoms with E-state index in [2.05, 4.69) is 0 Å². The molecule has 0 unspecified atom stereocenters. The van der Waals surface area contributed by atoms with Crippen molar-refractivity contribution >= 4 is 17.7 Å². The van der Waals surface area contributed by atoms with E-state index < -0.39 is 5.97 Å². The lowest BCUT2D eigenvalue weighted by Crippen LogP contribution is -2.14. The van der Waals surface area contributed by atoms with Crippen LogP contribution in [0.25, 0.3) is 0 Å². The van der Waals surface area contributed by atoms with Crippen LogP contribution in [0.5, 0.6) is 0 Å².